The fourth-order valence-corrected chi connectivity index (χ4v) is 3.13. The fraction of sp³-hybridized carbons (Fsp3) is 0.923. The van der Waals surface area contributed by atoms with Crippen LogP contribution in [0, 0.1) is 0 Å². The average Bonchev–Trinajstić information content (AvgIpc) is 2.79. The Labute approximate surface area is 104 Å². The monoisotopic (exact) mass is 240 g/mol. The molecule has 1 atom stereocenters. The first-order valence-electron chi connectivity index (χ1n) is 6.61. The molecule has 98 valence electrons. The number of hydrogen-bond donors (Lipinski definition) is 1. The van der Waals surface area contributed by atoms with Crippen LogP contribution in [-0.4, -0.2) is 58.6 Å². The van der Waals surface area contributed by atoms with E-state index in [0.717, 1.165) is 6.54 Å². The smallest absolute Gasteiger partial charge is 0.242 e. The van der Waals surface area contributed by atoms with Gasteiger partial charge in [-0.25, -0.2) is 0 Å². The molecule has 1 amide bonds. The van der Waals surface area contributed by atoms with Gasteiger partial charge in [0.25, 0.3) is 0 Å². The third-order valence-electron chi connectivity index (χ3n) is 4.46. The van der Waals surface area contributed by atoms with E-state index in [4.69, 9.17) is 0 Å². The summed E-state index contributed by atoms with van der Waals surface area (Å²) < 4.78 is 0. The Morgan fingerprint density at radius 2 is 1.94 bits per heavy atom. The molecule has 0 bridgehead atoms. The highest BCUT2D eigenvalue weighted by Crippen LogP contribution is 2.31. The Morgan fingerprint density at radius 1 is 1.35 bits per heavy atom. The van der Waals surface area contributed by atoms with E-state index in [9.17, 15) is 9.90 Å². The number of rotatable bonds is 2. The fourth-order valence-electron chi connectivity index (χ4n) is 3.13. The number of aliphatic hydroxyl groups is 1. The van der Waals surface area contributed by atoms with Gasteiger partial charge in [0.1, 0.15) is 6.04 Å². The molecule has 4 nitrogen and oxygen atoms in total. The highest BCUT2D eigenvalue weighted by Gasteiger charge is 2.45. The molecule has 17 heavy (non-hydrogen) atoms. The van der Waals surface area contributed by atoms with Crippen LogP contribution >= 0.6 is 0 Å². The second-order valence-corrected chi connectivity index (χ2v) is 6.02. The van der Waals surface area contributed by atoms with Crippen molar-refractivity contribution in [2.45, 2.75) is 57.2 Å². The Morgan fingerprint density at radius 3 is 2.47 bits per heavy atom. The molecule has 0 aromatic carbocycles. The number of hydrogen-bond acceptors (Lipinski definition) is 3. The van der Waals surface area contributed by atoms with E-state index in [1.54, 1.807) is 4.90 Å². The molecular formula is C13H24N2O2. The quantitative estimate of drug-likeness (QED) is 0.778. The van der Waals surface area contributed by atoms with Gasteiger partial charge in [-0.15, -0.1) is 0 Å². The predicted molar refractivity (Wildman–Crippen MR) is 66.7 cm³/mol. The molecule has 0 spiro atoms. The Bertz CT molecular complexity index is 298. The van der Waals surface area contributed by atoms with Gasteiger partial charge in [-0.05, 0) is 26.7 Å². The first-order valence-corrected chi connectivity index (χ1v) is 6.61. The van der Waals surface area contributed by atoms with E-state index in [1.165, 1.54) is 25.7 Å². The number of carbonyl (C=O) groups is 1. The summed E-state index contributed by atoms with van der Waals surface area (Å²) in [5.74, 6) is 0.0654. The molecule has 2 fully saturated rings. The second-order valence-electron chi connectivity index (χ2n) is 6.02. The van der Waals surface area contributed by atoms with E-state index in [0.29, 0.717) is 6.04 Å². The van der Waals surface area contributed by atoms with Crippen molar-refractivity contribution in [2.75, 3.05) is 20.2 Å². The van der Waals surface area contributed by atoms with E-state index in [2.05, 4.69) is 18.7 Å². The Hall–Kier alpha value is -0.610. The average molecular weight is 240 g/mol. The summed E-state index contributed by atoms with van der Waals surface area (Å²) in [5.41, 5.74) is -0.134. The molecule has 0 radical (unpaired) electrons. The van der Waals surface area contributed by atoms with Crippen molar-refractivity contribution in [3.05, 3.63) is 0 Å². The van der Waals surface area contributed by atoms with Crippen molar-refractivity contribution in [3.8, 4) is 0 Å². The van der Waals surface area contributed by atoms with Crippen LogP contribution in [0.5, 0.6) is 0 Å². The molecule has 0 aromatic heterocycles. The van der Waals surface area contributed by atoms with Crippen LogP contribution in [0.2, 0.25) is 0 Å². The minimum Gasteiger partial charge on any atom is -0.394 e. The maximum atomic E-state index is 12.3. The van der Waals surface area contributed by atoms with Crippen molar-refractivity contribution in [3.63, 3.8) is 0 Å². The standard InChI is InChI=1S/C13H24N2O2/c1-13(2)9-15(10-6-4-5-7-10)11(8-16)12(17)14(13)3/h10-11,16H,4-9H2,1-3H3. The van der Waals surface area contributed by atoms with Gasteiger partial charge in [-0.3, -0.25) is 9.69 Å². The van der Waals surface area contributed by atoms with Crippen LogP contribution in [0.4, 0.5) is 0 Å². The molecule has 2 aliphatic rings. The highest BCUT2D eigenvalue weighted by atomic mass is 16.3. The number of amides is 1. The number of likely N-dealkylation sites (N-methyl/N-ethyl adjacent to an activating group) is 1. The number of piperazine rings is 1. The van der Waals surface area contributed by atoms with Crippen molar-refractivity contribution in [1.29, 1.82) is 0 Å². The molecule has 1 N–H and O–H groups in total. The topological polar surface area (TPSA) is 43.8 Å². The first kappa shape index (κ1) is 12.8. The molecule has 1 unspecified atom stereocenters. The predicted octanol–water partition coefficient (Wildman–Crippen LogP) is 0.842. The lowest BCUT2D eigenvalue weighted by Gasteiger charge is -2.50. The summed E-state index contributed by atoms with van der Waals surface area (Å²) in [6.07, 6.45) is 4.85. The molecule has 1 saturated carbocycles. The van der Waals surface area contributed by atoms with Crippen molar-refractivity contribution in [1.82, 2.24) is 9.80 Å². The summed E-state index contributed by atoms with van der Waals surface area (Å²) in [5, 5.41) is 9.49. The molecule has 0 aromatic rings. The van der Waals surface area contributed by atoms with Gasteiger partial charge in [-0.1, -0.05) is 12.8 Å². The normalized spacial score (nSPS) is 31.2. The molecule has 4 heteroatoms. The van der Waals surface area contributed by atoms with Crippen LogP contribution in [0.3, 0.4) is 0 Å². The second kappa shape index (κ2) is 4.58. The van der Waals surface area contributed by atoms with E-state index < -0.39 is 0 Å². The summed E-state index contributed by atoms with van der Waals surface area (Å²) in [6, 6.07) is 0.167. The maximum Gasteiger partial charge on any atom is 0.242 e. The van der Waals surface area contributed by atoms with Gasteiger partial charge in [-0.2, -0.15) is 0 Å². The van der Waals surface area contributed by atoms with Gasteiger partial charge >= 0.3 is 0 Å². The van der Waals surface area contributed by atoms with Crippen LogP contribution in [0.1, 0.15) is 39.5 Å². The summed E-state index contributed by atoms with van der Waals surface area (Å²) in [6.45, 7) is 5.00. The minimum absolute atomic E-state index is 0.0598. The van der Waals surface area contributed by atoms with Crippen LogP contribution in [-0.2, 0) is 4.79 Å². The first-order chi connectivity index (χ1) is 7.97. The number of aliphatic hydroxyl groups excluding tert-OH is 1. The van der Waals surface area contributed by atoms with Crippen molar-refractivity contribution >= 4 is 5.91 Å². The zero-order valence-electron chi connectivity index (χ0n) is 11.1. The molecule has 1 heterocycles. The summed E-state index contributed by atoms with van der Waals surface area (Å²) in [4.78, 5) is 16.3. The van der Waals surface area contributed by atoms with Gasteiger partial charge < -0.3 is 10.0 Å². The van der Waals surface area contributed by atoms with E-state index >= 15 is 0 Å². The largest absolute Gasteiger partial charge is 0.394 e. The van der Waals surface area contributed by atoms with Gasteiger partial charge in [0.2, 0.25) is 5.91 Å². The molecular weight excluding hydrogens is 216 g/mol. The lowest BCUT2D eigenvalue weighted by molar-refractivity contribution is -0.153. The SMILES string of the molecule is CN1C(=O)C(CO)N(C2CCCC2)CC1(C)C. The Kier molecular flexibility index (Phi) is 3.46. The lowest BCUT2D eigenvalue weighted by atomic mass is 9.94. The molecule has 1 saturated heterocycles. The molecule has 2 rings (SSSR count). The summed E-state index contributed by atoms with van der Waals surface area (Å²) >= 11 is 0. The minimum atomic E-state index is -0.323. The number of nitrogens with zero attached hydrogens (tertiary/aromatic N) is 2. The molecule has 1 aliphatic carbocycles. The van der Waals surface area contributed by atoms with Crippen LogP contribution in [0.15, 0.2) is 0 Å². The third kappa shape index (κ3) is 2.20. The van der Waals surface area contributed by atoms with Crippen molar-refractivity contribution in [2.24, 2.45) is 0 Å². The van der Waals surface area contributed by atoms with Crippen LogP contribution < -0.4 is 0 Å². The van der Waals surface area contributed by atoms with Crippen molar-refractivity contribution < 1.29 is 9.90 Å². The lowest BCUT2D eigenvalue weighted by Crippen LogP contribution is -2.67. The van der Waals surface area contributed by atoms with Crippen LogP contribution in [0.25, 0.3) is 0 Å². The Balaban J connectivity index is 2.20. The molecule has 1 aliphatic heterocycles. The third-order valence-corrected chi connectivity index (χ3v) is 4.46. The highest BCUT2D eigenvalue weighted by molar-refractivity contribution is 5.83. The van der Waals surface area contributed by atoms with Gasteiger partial charge in [0.15, 0.2) is 0 Å². The van der Waals surface area contributed by atoms with E-state index in [1.807, 2.05) is 7.05 Å². The zero-order chi connectivity index (χ0) is 12.6. The summed E-state index contributed by atoms with van der Waals surface area (Å²) in [7, 11) is 1.84. The van der Waals surface area contributed by atoms with Gasteiger partial charge in [0.05, 0.1) is 6.61 Å². The maximum absolute atomic E-state index is 12.3. The van der Waals surface area contributed by atoms with E-state index in [-0.39, 0.29) is 24.1 Å². The number of carbonyl (C=O) groups excluding carboxylic acids is 1. The zero-order valence-corrected chi connectivity index (χ0v) is 11.1. The van der Waals surface area contributed by atoms with Gasteiger partial charge in [0, 0.05) is 25.2 Å².